The highest BCUT2D eigenvalue weighted by Gasteiger charge is 2.14. The predicted molar refractivity (Wildman–Crippen MR) is 78.8 cm³/mol. The van der Waals surface area contributed by atoms with Gasteiger partial charge in [-0.2, -0.15) is 0 Å². The zero-order valence-electron chi connectivity index (χ0n) is 9.84. The van der Waals surface area contributed by atoms with Gasteiger partial charge in [0.25, 0.3) is 0 Å². The lowest BCUT2D eigenvalue weighted by atomic mass is 9.99. The van der Waals surface area contributed by atoms with E-state index in [0.717, 1.165) is 20.6 Å². The van der Waals surface area contributed by atoms with Crippen molar-refractivity contribution in [1.82, 2.24) is 0 Å². The number of hydrogen-bond donors (Lipinski definition) is 1. The van der Waals surface area contributed by atoms with Crippen LogP contribution in [0, 0.1) is 11.6 Å². The monoisotopic (exact) mass is 389 g/mol. The first-order valence-electron chi connectivity index (χ1n) is 5.62. The summed E-state index contributed by atoms with van der Waals surface area (Å²) in [4.78, 5) is 0. The second kappa shape index (κ2) is 6.11. The van der Waals surface area contributed by atoms with Gasteiger partial charge >= 0.3 is 0 Å². The lowest BCUT2D eigenvalue weighted by molar-refractivity contribution is 0.563. The first-order valence-corrected chi connectivity index (χ1v) is 7.20. The van der Waals surface area contributed by atoms with Crippen LogP contribution in [-0.4, -0.2) is 0 Å². The molecule has 0 bridgehead atoms. The fourth-order valence-electron chi connectivity index (χ4n) is 1.83. The summed E-state index contributed by atoms with van der Waals surface area (Å²) >= 11 is 6.79. The van der Waals surface area contributed by atoms with Gasteiger partial charge in [0.1, 0.15) is 11.6 Å². The van der Waals surface area contributed by atoms with E-state index in [9.17, 15) is 8.78 Å². The minimum atomic E-state index is -0.585. The summed E-state index contributed by atoms with van der Waals surface area (Å²) in [5.74, 6) is -1.15. The van der Waals surface area contributed by atoms with Gasteiger partial charge in [-0.25, -0.2) is 8.78 Å². The molecule has 2 aromatic rings. The quantitative estimate of drug-likeness (QED) is 0.805. The Balaban J connectivity index is 2.25. The zero-order valence-corrected chi connectivity index (χ0v) is 13.0. The van der Waals surface area contributed by atoms with Gasteiger partial charge in [0.05, 0.1) is 0 Å². The average molecular weight is 391 g/mol. The summed E-state index contributed by atoms with van der Waals surface area (Å²) < 4.78 is 28.2. The maximum Gasteiger partial charge on any atom is 0.129 e. The molecule has 0 saturated heterocycles. The maximum atomic E-state index is 13.6. The fourth-order valence-corrected chi connectivity index (χ4v) is 2.75. The Labute approximate surface area is 127 Å². The highest BCUT2D eigenvalue weighted by Crippen LogP contribution is 2.28. The van der Waals surface area contributed by atoms with Gasteiger partial charge in [-0.15, -0.1) is 0 Å². The third kappa shape index (κ3) is 3.61. The van der Waals surface area contributed by atoms with Gasteiger partial charge in [0, 0.05) is 21.1 Å². The largest absolute Gasteiger partial charge is 0.324 e. The molecule has 1 atom stereocenters. The maximum absolute atomic E-state index is 13.6. The molecular formula is C14H11Br2F2N. The molecule has 0 amide bonds. The molecule has 19 heavy (non-hydrogen) atoms. The molecule has 0 spiro atoms. The second-order valence-corrected chi connectivity index (χ2v) is 5.98. The summed E-state index contributed by atoms with van der Waals surface area (Å²) in [6, 6.07) is 8.82. The molecule has 5 heteroatoms. The van der Waals surface area contributed by atoms with Gasteiger partial charge in [-0.3, -0.25) is 0 Å². The van der Waals surface area contributed by atoms with Crippen molar-refractivity contribution in [2.24, 2.45) is 5.73 Å². The van der Waals surface area contributed by atoms with Crippen LogP contribution in [0.15, 0.2) is 45.3 Å². The molecule has 0 fully saturated rings. The molecule has 0 aliphatic carbocycles. The minimum absolute atomic E-state index is 0.307. The Bertz CT molecular complexity index is 602. The number of rotatable bonds is 3. The van der Waals surface area contributed by atoms with Crippen LogP contribution < -0.4 is 5.73 Å². The summed E-state index contributed by atoms with van der Waals surface area (Å²) in [5, 5.41) is 0. The Kier molecular flexibility index (Phi) is 4.71. The minimum Gasteiger partial charge on any atom is -0.324 e. The standard InChI is InChI=1S/C14H11Br2F2N/c15-9-2-4-12(16)11(6-9)14(19)5-8-1-3-10(17)7-13(8)18/h1-4,6-7,14H,5,19H2. The molecule has 0 heterocycles. The number of benzene rings is 2. The lowest BCUT2D eigenvalue weighted by Gasteiger charge is -2.15. The highest BCUT2D eigenvalue weighted by molar-refractivity contribution is 9.11. The molecule has 0 aliphatic rings. The molecule has 2 rings (SSSR count). The van der Waals surface area contributed by atoms with Crippen LogP contribution in [0.1, 0.15) is 17.2 Å². The molecule has 2 N–H and O–H groups in total. The van der Waals surface area contributed by atoms with Gasteiger partial charge in [-0.1, -0.05) is 37.9 Å². The third-order valence-electron chi connectivity index (χ3n) is 2.81. The molecule has 2 aromatic carbocycles. The molecule has 0 radical (unpaired) electrons. The van der Waals surface area contributed by atoms with Crippen molar-refractivity contribution in [2.45, 2.75) is 12.5 Å². The topological polar surface area (TPSA) is 26.0 Å². The van der Waals surface area contributed by atoms with Crippen molar-refractivity contribution >= 4 is 31.9 Å². The van der Waals surface area contributed by atoms with E-state index in [1.165, 1.54) is 12.1 Å². The molecule has 100 valence electrons. The van der Waals surface area contributed by atoms with Crippen LogP contribution >= 0.6 is 31.9 Å². The molecule has 0 saturated carbocycles. The van der Waals surface area contributed by atoms with Gasteiger partial charge in [-0.05, 0) is 41.8 Å². The zero-order chi connectivity index (χ0) is 14.0. The predicted octanol–water partition coefficient (Wildman–Crippen LogP) is 4.73. The van der Waals surface area contributed by atoms with Crippen LogP contribution in [0.4, 0.5) is 8.78 Å². The van der Waals surface area contributed by atoms with E-state index in [4.69, 9.17) is 5.73 Å². The summed E-state index contributed by atoms with van der Waals surface area (Å²) in [7, 11) is 0. The van der Waals surface area contributed by atoms with Gasteiger partial charge in [0.15, 0.2) is 0 Å². The molecule has 0 aromatic heterocycles. The van der Waals surface area contributed by atoms with Crippen LogP contribution in [0.5, 0.6) is 0 Å². The lowest BCUT2D eigenvalue weighted by Crippen LogP contribution is -2.15. The van der Waals surface area contributed by atoms with Crippen LogP contribution in [0.2, 0.25) is 0 Å². The summed E-state index contributed by atoms with van der Waals surface area (Å²) in [5.41, 5.74) is 7.37. The Hall–Kier alpha value is -0.780. The SMILES string of the molecule is NC(Cc1ccc(F)cc1F)c1cc(Br)ccc1Br. The summed E-state index contributed by atoms with van der Waals surface area (Å²) in [6.45, 7) is 0. The highest BCUT2D eigenvalue weighted by atomic mass is 79.9. The third-order valence-corrected chi connectivity index (χ3v) is 4.03. The van der Waals surface area contributed by atoms with E-state index < -0.39 is 11.6 Å². The Morgan fingerprint density at radius 3 is 2.47 bits per heavy atom. The van der Waals surface area contributed by atoms with E-state index in [0.29, 0.717) is 12.0 Å². The van der Waals surface area contributed by atoms with Crippen molar-refractivity contribution in [3.63, 3.8) is 0 Å². The smallest absolute Gasteiger partial charge is 0.129 e. The van der Waals surface area contributed by atoms with E-state index in [1.807, 2.05) is 18.2 Å². The Morgan fingerprint density at radius 2 is 1.79 bits per heavy atom. The van der Waals surface area contributed by atoms with E-state index in [2.05, 4.69) is 31.9 Å². The number of nitrogens with two attached hydrogens (primary N) is 1. The second-order valence-electron chi connectivity index (χ2n) is 4.21. The van der Waals surface area contributed by atoms with Crippen LogP contribution in [0.25, 0.3) is 0 Å². The Morgan fingerprint density at radius 1 is 1.05 bits per heavy atom. The summed E-state index contributed by atoms with van der Waals surface area (Å²) in [6.07, 6.45) is 0.307. The normalized spacial score (nSPS) is 12.5. The number of halogens is 4. The first-order chi connectivity index (χ1) is 8.97. The fraction of sp³-hybridized carbons (Fsp3) is 0.143. The van der Waals surface area contributed by atoms with Gasteiger partial charge < -0.3 is 5.73 Å². The molecule has 1 unspecified atom stereocenters. The van der Waals surface area contributed by atoms with Crippen molar-refractivity contribution in [3.8, 4) is 0 Å². The van der Waals surface area contributed by atoms with E-state index in [-0.39, 0.29) is 6.04 Å². The van der Waals surface area contributed by atoms with Crippen molar-refractivity contribution in [2.75, 3.05) is 0 Å². The van der Waals surface area contributed by atoms with Crippen molar-refractivity contribution in [1.29, 1.82) is 0 Å². The van der Waals surface area contributed by atoms with E-state index in [1.54, 1.807) is 0 Å². The van der Waals surface area contributed by atoms with Gasteiger partial charge in [0.2, 0.25) is 0 Å². The molecular weight excluding hydrogens is 380 g/mol. The van der Waals surface area contributed by atoms with Crippen LogP contribution in [-0.2, 0) is 6.42 Å². The molecule has 1 nitrogen and oxygen atoms in total. The van der Waals surface area contributed by atoms with E-state index >= 15 is 0 Å². The average Bonchev–Trinajstić information content (AvgIpc) is 2.35. The van der Waals surface area contributed by atoms with Crippen molar-refractivity contribution in [3.05, 3.63) is 68.1 Å². The van der Waals surface area contributed by atoms with Crippen LogP contribution in [0.3, 0.4) is 0 Å². The number of hydrogen-bond acceptors (Lipinski definition) is 1. The van der Waals surface area contributed by atoms with Crippen molar-refractivity contribution < 1.29 is 8.78 Å². The first kappa shape index (κ1) is 14.6. The molecule has 0 aliphatic heterocycles.